The van der Waals surface area contributed by atoms with Gasteiger partial charge in [0.1, 0.15) is 0 Å². The minimum atomic E-state index is -4.67. The average Bonchev–Trinajstić information content (AvgIpc) is 3.07. The number of nitrogens with one attached hydrogen (secondary N) is 2. The van der Waals surface area contributed by atoms with Crippen molar-refractivity contribution in [3.8, 4) is 11.4 Å². The second-order valence-electron chi connectivity index (χ2n) is 5.49. The smallest absolute Gasteiger partial charge is 0.329 e. The Bertz CT molecular complexity index is 706. The summed E-state index contributed by atoms with van der Waals surface area (Å²) in [6, 6.07) is 5.99. The van der Waals surface area contributed by atoms with E-state index < -0.39 is 12.1 Å². The SMILES string of the molecule is O=C(Nc1ccc(-c2noc(C(F)(F)F)n2)cc1)C1CCCCN1. The molecule has 0 bridgehead atoms. The van der Waals surface area contributed by atoms with Gasteiger partial charge in [-0.05, 0) is 43.7 Å². The van der Waals surface area contributed by atoms with Crippen molar-refractivity contribution in [2.75, 3.05) is 11.9 Å². The molecule has 6 nitrogen and oxygen atoms in total. The monoisotopic (exact) mass is 340 g/mol. The Kier molecular flexibility index (Phi) is 4.52. The van der Waals surface area contributed by atoms with Crippen molar-refractivity contribution in [1.82, 2.24) is 15.5 Å². The predicted molar refractivity (Wildman–Crippen MR) is 79.0 cm³/mol. The molecule has 9 heteroatoms. The average molecular weight is 340 g/mol. The largest absolute Gasteiger partial charge is 0.471 e. The number of aromatic nitrogens is 2. The molecule has 128 valence electrons. The lowest BCUT2D eigenvalue weighted by Gasteiger charge is -2.22. The zero-order valence-electron chi connectivity index (χ0n) is 12.6. The number of alkyl halides is 3. The third-order valence-corrected chi connectivity index (χ3v) is 3.71. The van der Waals surface area contributed by atoms with E-state index in [4.69, 9.17) is 0 Å². The molecule has 1 amide bonds. The van der Waals surface area contributed by atoms with Crippen molar-refractivity contribution in [2.24, 2.45) is 0 Å². The van der Waals surface area contributed by atoms with Crippen molar-refractivity contribution in [1.29, 1.82) is 0 Å². The van der Waals surface area contributed by atoms with Crippen molar-refractivity contribution < 1.29 is 22.5 Å². The lowest BCUT2D eigenvalue weighted by atomic mass is 10.0. The van der Waals surface area contributed by atoms with Gasteiger partial charge >= 0.3 is 12.1 Å². The van der Waals surface area contributed by atoms with Crippen LogP contribution in [0.25, 0.3) is 11.4 Å². The Morgan fingerprint density at radius 3 is 2.58 bits per heavy atom. The summed E-state index contributed by atoms with van der Waals surface area (Å²) >= 11 is 0. The Hall–Kier alpha value is -2.42. The van der Waals surface area contributed by atoms with Crippen molar-refractivity contribution in [2.45, 2.75) is 31.5 Å². The molecule has 24 heavy (non-hydrogen) atoms. The Balaban J connectivity index is 1.67. The van der Waals surface area contributed by atoms with E-state index in [-0.39, 0.29) is 17.8 Å². The molecule has 1 fully saturated rings. The first-order valence-electron chi connectivity index (χ1n) is 7.49. The first-order chi connectivity index (χ1) is 11.4. The van der Waals surface area contributed by atoms with Gasteiger partial charge in [0, 0.05) is 11.3 Å². The molecule has 1 aromatic carbocycles. The first-order valence-corrected chi connectivity index (χ1v) is 7.49. The molecule has 3 rings (SSSR count). The summed E-state index contributed by atoms with van der Waals surface area (Å²) < 4.78 is 41.5. The maximum absolute atomic E-state index is 12.5. The summed E-state index contributed by atoms with van der Waals surface area (Å²) in [7, 11) is 0. The van der Waals surface area contributed by atoms with Gasteiger partial charge in [-0.25, -0.2) is 0 Å². The number of nitrogens with zero attached hydrogens (tertiary/aromatic N) is 2. The van der Waals surface area contributed by atoms with E-state index in [0.717, 1.165) is 25.8 Å². The van der Waals surface area contributed by atoms with Crippen LogP contribution in [0.5, 0.6) is 0 Å². The predicted octanol–water partition coefficient (Wildman–Crippen LogP) is 2.84. The van der Waals surface area contributed by atoms with E-state index in [1.165, 1.54) is 12.1 Å². The summed E-state index contributed by atoms with van der Waals surface area (Å²) in [6.07, 6.45) is -1.83. The molecule has 0 saturated carbocycles. The van der Waals surface area contributed by atoms with Gasteiger partial charge < -0.3 is 15.2 Å². The lowest BCUT2D eigenvalue weighted by molar-refractivity contribution is -0.159. The molecule has 0 aliphatic carbocycles. The van der Waals surface area contributed by atoms with Crippen molar-refractivity contribution in [3.63, 3.8) is 0 Å². The zero-order valence-corrected chi connectivity index (χ0v) is 12.6. The standard InChI is InChI=1S/C15H15F3N4O2/c16-15(17,18)14-21-12(22-24-14)9-4-6-10(7-5-9)20-13(23)11-3-1-2-8-19-11/h4-7,11,19H,1-3,8H2,(H,20,23). The molecule has 0 radical (unpaired) electrons. The molecule has 2 heterocycles. The van der Waals surface area contributed by atoms with Crippen LogP contribution >= 0.6 is 0 Å². The van der Waals surface area contributed by atoms with Gasteiger partial charge in [-0.1, -0.05) is 11.6 Å². The minimum absolute atomic E-state index is 0.124. The fraction of sp³-hybridized carbons (Fsp3) is 0.400. The van der Waals surface area contributed by atoms with Crippen molar-refractivity contribution >= 4 is 11.6 Å². The minimum Gasteiger partial charge on any atom is -0.329 e. The number of piperidine rings is 1. The molecule has 2 aromatic rings. The maximum atomic E-state index is 12.5. The molecule has 2 N–H and O–H groups in total. The number of halogens is 3. The highest BCUT2D eigenvalue weighted by molar-refractivity contribution is 5.95. The summed E-state index contributed by atoms with van der Waals surface area (Å²) in [6.45, 7) is 0.816. The van der Waals surface area contributed by atoms with Crippen LogP contribution < -0.4 is 10.6 Å². The maximum Gasteiger partial charge on any atom is 0.471 e. The molecule has 1 aliphatic heterocycles. The normalized spacial score (nSPS) is 18.4. The van der Waals surface area contributed by atoms with Crippen LogP contribution in [0.3, 0.4) is 0 Å². The van der Waals surface area contributed by atoms with Crippen LogP contribution in [-0.2, 0) is 11.0 Å². The number of hydrogen-bond acceptors (Lipinski definition) is 5. The van der Waals surface area contributed by atoms with Crippen molar-refractivity contribution in [3.05, 3.63) is 30.2 Å². The van der Waals surface area contributed by atoms with Crippen LogP contribution in [0.4, 0.5) is 18.9 Å². The molecule has 0 spiro atoms. The van der Waals surface area contributed by atoms with Crippen LogP contribution in [0, 0.1) is 0 Å². The molecule has 1 saturated heterocycles. The van der Waals surface area contributed by atoms with E-state index in [1.54, 1.807) is 12.1 Å². The second kappa shape index (κ2) is 6.60. The summed E-state index contributed by atoms with van der Waals surface area (Å²) in [5.74, 6) is -1.67. The van der Waals surface area contributed by atoms with Crippen LogP contribution in [-0.4, -0.2) is 28.6 Å². The van der Waals surface area contributed by atoms with Crippen LogP contribution in [0.2, 0.25) is 0 Å². The summed E-state index contributed by atoms with van der Waals surface area (Å²) in [4.78, 5) is 15.4. The third kappa shape index (κ3) is 3.73. The molecular weight excluding hydrogens is 325 g/mol. The first kappa shape index (κ1) is 16.4. The number of anilines is 1. The highest BCUT2D eigenvalue weighted by Gasteiger charge is 2.38. The Labute approximate surface area is 135 Å². The Morgan fingerprint density at radius 1 is 1.25 bits per heavy atom. The fourth-order valence-electron chi connectivity index (χ4n) is 2.46. The van der Waals surface area contributed by atoms with Gasteiger partial charge in [-0.3, -0.25) is 4.79 Å². The van der Waals surface area contributed by atoms with Crippen LogP contribution in [0.1, 0.15) is 25.2 Å². The quantitative estimate of drug-likeness (QED) is 0.898. The van der Waals surface area contributed by atoms with Gasteiger partial charge in [0.15, 0.2) is 0 Å². The topological polar surface area (TPSA) is 80.1 Å². The van der Waals surface area contributed by atoms with E-state index in [9.17, 15) is 18.0 Å². The number of carbonyl (C=O) groups is 1. The van der Waals surface area contributed by atoms with Gasteiger partial charge in [-0.15, -0.1) is 0 Å². The molecule has 1 aromatic heterocycles. The molecular formula is C15H15F3N4O2. The van der Waals surface area contributed by atoms with Crippen LogP contribution in [0.15, 0.2) is 28.8 Å². The number of rotatable bonds is 3. The van der Waals surface area contributed by atoms with E-state index >= 15 is 0 Å². The zero-order chi connectivity index (χ0) is 17.2. The number of benzene rings is 1. The van der Waals surface area contributed by atoms with E-state index in [2.05, 4.69) is 25.3 Å². The number of carbonyl (C=O) groups excluding carboxylic acids is 1. The van der Waals surface area contributed by atoms with E-state index in [0.29, 0.717) is 11.3 Å². The molecule has 1 aliphatic rings. The van der Waals surface area contributed by atoms with E-state index in [1.807, 2.05) is 0 Å². The fourth-order valence-corrected chi connectivity index (χ4v) is 2.46. The number of amides is 1. The molecule has 1 unspecified atom stereocenters. The third-order valence-electron chi connectivity index (χ3n) is 3.71. The highest BCUT2D eigenvalue weighted by atomic mass is 19.4. The van der Waals surface area contributed by atoms with Gasteiger partial charge in [0.2, 0.25) is 11.7 Å². The summed E-state index contributed by atoms with van der Waals surface area (Å²) in [5.41, 5.74) is 0.915. The van der Waals surface area contributed by atoms with Gasteiger partial charge in [-0.2, -0.15) is 18.2 Å². The van der Waals surface area contributed by atoms with Gasteiger partial charge in [0.05, 0.1) is 6.04 Å². The Morgan fingerprint density at radius 2 is 2.00 bits per heavy atom. The second-order valence-corrected chi connectivity index (χ2v) is 5.49. The summed E-state index contributed by atoms with van der Waals surface area (Å²) in [5, 5.41) is 9.23. The highest BCUT2D eigenvalue weighted by Crippen LogP contribution is 2.29. The number of hydrogen-bond donors (Lipinski definition) is 2. The molecule has 1 atom stereocenters. The van der Waals surface area contributed by atoms with Gasteiger partial charge in [0.25, 0.3) is 0 Å². The lowest BCUT2D eigenvalue weighted by Crippen LogP contribution is -2.43.